The van der Waals surface area contributed by atoms with Crippen molar-refractivity contribution in [2.75, 3.05) is 13.1 Å². The Labute approximate surface area is 98.4 Å². The van der Waals surface area contributed by atoms with E-state index in [-0.39, 0.29) is 23.3 Å². The van der Waals surface area contributed by atoms with Gasteiger partial charge in [-0.2, -0.15) is 0 Å². The van der Waals surface area contributed by atoms with E-state index in [1.807, 2.05) is 0 Å². The van der Waals surface area contributed by atoms with Gasteiger partial charge in [-0.05, 0) is 32.0 Å². The summed E-state index contributed by atoms with van der Waals surface area (Å²) >= 11 is 0. The Hall–Kier alpha value is -1.82. The van der Waals surface area contributed by atoms with Crippen LogP contribution in [0.2, 0.25) is 0 Å². The maximum absolute atomic E-state index is 10.8. The number of piperidine rings is 1. The average Bonchev–Trinajstić information content (AvgIpc) is 2.30. The van der Waals surface area contributed by atoms with E-state index in [0.717, 1.165) is 25.9 Å². The van der Waals surface area contributed by atoms with E-state index in [2.05, 4.69) is 5.32 Å². The second-order valence-electron chi connectivity index (χ2n) is 3.98. The van der Waals surface area contributed by atoms with Crippen LogP contribution < -0.4 is 10.1 Å². The molecular formula is C11H14N2O4. The van der Waals surface area contributed by atoms with E-state index < -0.39 is 4.92 Å². The molecule has 1 aromatic carbocycles. The molecule has 0 aliphatic carbocycles. The minimum Gasteiger partial charge on any atom is -0.508 e. The molecule has 2 rings (SSSR count). The Morgan fingerprint density at radius 3 is 2.76 bits per heavy atom. The number of nitro benzene ring substituents is 1. The molecule has 0 unspecified atom stereocenters. The maximum atomic E-state index is 10.8. The Morgan fingerprint density at radius 1 is 1.41 bits per heavy atom. The highest BCUT2D eigenvalue weighted by Gasteiger charge is 2.21. The molecule has 0 atom stereocenters. The van der Waals surface area contributed by atoms with Gasteiger partial charge in [0, 0.05) is 12.1 Å². The highest BCUT2D eigenvalue weighted by molar-refractivity contribution is 5.50. The summed E-state index contributed by atoms with van der Waals surface area (Å²) in [5.74, 6) is 0.112. The molecular weight excluding hydrogens is 224 g/mol. The van der Waals surface area contributed by atoms with Gasteiger partial charge in [-0.15, -0.1) is 0 Å². The van der Waals surface area contributed by atoms with Crippen molar-refractivity contribution >= 4 is 5.69 Å². The van der Waals surface area contributed by atoms with Gasteiger partial charge in [0.15, 0.2) is 0 Å². The fourth-order valence-corrected chi connectivity index (χ4v) is 1.84. The summed E-state index contributed by atoms with van der Waals surface area (Å²) in [4.78, 5) is 10.3. The van der Waals surface area contributed by atoms with Gasteiger partial charge in [0.2, 0.25) is 5.75 Å². The van der Waals surface area contributed by atoms with Crippen LogP contribution in [0.15, 0.2) is 18.2 Å². The largest absolute Gasteiger partial charge is 0.508 e. The summed E-state index contributed by atoms with van der Waals surface area (Å²) in [6, 6.07) is 3.83. The molecule has 0 saturated carbocycles. The number of aromatic hydroxyl groups is 1. The summed E-state index contributed by atoms with van der Waals surface area (Å²) in [7, 11) is 0. The van der Waals surface area contributed by atoms with Crippen molar-refractivity contribution in [3.05, 3.63) is 28.3 Å². The van der Waals surface area contributed by atoms with Gasteiger partial charge in [0.25, 0.3) is 0 Å². The third kappa shape index (κ3) is 2.85. The average molecular weight is 238 g/mol. The molecule has 1 fully saturated rings. The zero-order valence-corrected chi connectivity index (χ0v) is 9.26. The predicted octanol–water partition coefficient (Wildman–Crippen LogP) is 1.43. The van der Waals surface area contributed by atoms with Crippen LogP contribution in [-0.2, 0) is 0 Å². The standard InChI is InChI=1S/C11H14N2O4/c14-8-1-2-10(13(15)16)11(7-8)17-9-3-5-12-6-4-9/h1-2,7,9,12,14H,3-6H2. The molecule has 2 N–H and O–H groups in total. The van der Waals surface area contributed by atoms with Gasteiger partial charge in [-0.3, -0.25) is 10.1 Å². The van der Waals surface area contributed by atoms with Gasteiger partial charge in [-0.1, -0.05) is 0 Å². The Kier molecular flexibility index (Phi) is 3.43. The van der Waals surface area contributed by atoms with Crippen molar-refractivity contribution in [1.29, 1.82) is 0 Å². The molecule has 1 saturated heterocycles. The van der Waals surface area contributed by atoms with Crippen molar-refractivity contribution in [2.45, 2.75) is 18.9 Å². The normalized spacial score (nSPS) is 16.7. The van der Waals surface area contributed by atoms with Crippen LogP contribution in [0, 0.1) is 10.1 Å². The van der Waals surface area contributed by atoms with Crippen LogP contribution in [0.4, 0.5) is 5.69 Å². The van der Waals surface area contributed by atoms with E-state index >= 15 is 0 Å². The molecule has 1 aliphatic heterocycles. The van der Waals surface area contributed by atoms with E-state index in [1.165, 1.54) is 18.2 Å². The van der Waals surface area contributed by atoms with Crippen molar-refractivity contribution in [3.8, 4) is 11.5 Å². The highest BCUT2D eigenvalue weighted by atomic mass is 16.6. The second-order valence-corrected chi connectivity index (χ2v) is 3.98. The molecule has 1 aromatic rings. The first-order valence-corrected chi connectivity index (χ1v) is 5.51. The fraction of sp³-hybridized carbons (Fsp3) is 0.455. The molecule has 0 bridgehead atoms. The minimum atomic E-state index is -0.504. The van der Waals surface area contributed by atoms with Gasteiger partial charge < -0.3 is 15.2 Å². The van der Waals surface area contributed by atoms with Gasteiger partial charge in [-0.25, -0.2) is 0 Å². The number of hydrogen-bond acceptors (Lipinski definition) is 5. The Bertz CT molecular complexity index is 416. The molecule has 0 amide bonds. The lowest BCUT2D eigenvalue weighted by Gasteiger charge is -2.23. The monoisotopic (exact) mass is 238 g/mol. The summed E-state index contributed by atoms with van der Waals surface area (Å²) in [6.07, 6.45) is 1.59. The van der Waals surface area contributed by atoms with Crippen LogP contribution in [0.1, 0.15) is 12.8 Å². The van der Waals surface area contributed by atoms with Crippen molar-refractivity contribution in [3.63, 3.8) is 0 Å². The first kappa shape index (κ1) is 11.7. The van der Waals surface area contributed by atoms with E-state index in [0.29, 0.717) is 0 Å². The van der Waals surface area contributed by atoms with Crippen molar-refractivity contribution in [2.24, 2.45) is 0 Å². The first-order chi connectivity index (χ1) is 8.16. The number of phenolic OH excluding ortho intramolecular Hbond substituents is 1. The van der Waals surface area contributed by atoms with E-state index in [9.17, 15) is 15.2 Å². The van der Waals surface area contributed by atoms with Crippen molar-refractivity contribution in [1.82, 2.24) is 5.32 Å². The number of ether oxygens (including phenoxy) is 1. The van der Waals surface area contributed by atoms with Crippen LogP contribution in [0.5, 0.6) is 11.5 Å². The number of nitrogens with one attached hydrogen (secondary N) is 1. The molecule has 0 aromatic heterocycles. The second kappa shape index (κ2) is 5.01. The Balaban J connectivity index is 2.17. The molecule has 6 nitrogen and oxygen atoms in total. The minimum absolute atomic E-state index is 0.0282. The summed E-state index contributed by atoms with van der Waals surface area (Å²) in [6.45, 7) is 1.69. The third-order valence-electron chi connectivity index (χ3n) is 2.72. The lowest BCUT2D eigenvalue weighted by molar-refractivity contribution is -0.386. The number of benzene rings is 1. The molecule has 92 valence electrons. The lowest BCUT2D eigenvalue weighted by Crippen LogP contribution is -2.34. The van der Waals surface area contributed by atoms with Crippen LogP contribution in [-0.4, -0.2) is 29.2 Å². The van der Waals surface area contributed by atoms with Crippen LogP contribution in [0.3, 0.4) is 0 Å². The van der Waals surface area contributed by atoms with Crippen molar-refractivity contribution < 1.29 is 14.8 Å². The number of phenols is 1. The molecule has 1 aliphatic rings. The molecule has 0 radical (unpaired) electrons. The molecule has 1 heterocycles. The highest BCUT2D eigenvalue weighted by Crippen LogP contribution is 2.32. The number of rotatable bonds is 3. The molecule has 17 heavy (non-hydrogen) atoms. The number of nitro groups is 1. The lowest BCUT2D eigenvalue weighted by atomic mass is 10.1. The molecule has 6 heteroatoms. The summed E-state index contributed by atoms with van der Waals surface area (Å²) in [5, 5.41) is 23.3. The topological polar surface area (TPSA) is 84.6 Å². The summed E-state index contributed by atoms with van der Waals surface area (Å²) < 4.78 is 5.59. The third-order valence-corrected chi connectivity index (χ3v) is 2.72. The number of nitrogens with zero attached hydrogens (tertiary/aromatic N) is 1. The van der Waals surface area contributed by atoms with Crippen LogP contribution in [0.25, 0.3) is 0 Å². The Morgan fingerprint density at radius 2 is 2.12 bits per heavy atom. The zero-order chi connectivity index (χ0) is 12.3. The first-order valence-electron chi connectivity index (χ1n) is 5.51. The quantitative estimate of drug-likeness (QED) is 0.614. The zero-order valence-electron chi connectivity index (χ0n) is 9.26. The van der Waals surface area contributed by atoms with E-state index in [1.54, 1.807) is 0 Å². The smallest absolute Gasteiger partial charge is 0.311 e. The van der Waals surface area contributed by atoms with Crippen LogP contribution >= 0.6 is 0 Å². The van der Waals surface area contributed by atoms with Gasteiger partial charge >= 0.3 is 5.69 Å². The van der Waals surface area contributed by atoms with Gasteiger partial charge in [0.05, 0.1) is 4.92 Å². The fourth-order valence-electron chi connectivity index (χ4n) is 1.84. The molecule has 0 spiro atoms. The number of hydrogen-bond donors (Lipinski definition) is 2. The maximum Gasteiger partial charge on any atom is 0.311 e. The predicted molar refractivity (Wildman–Crippen MR) is 61.3 cm³/mol. The SMILES string of the molecule is O=[N+]([O-])c1ccc(O)cc1OC1CCNCC1. The summed E-state index contributed by atoms with van der Waals surface area (Å²) in [5.41, 5.74) is -0.110. The van der Waals surface area contributed by atoms with E-state index in [4.69, 9.17) is 4.74 Å². The van der Waals surface area contributed by atoms with Gasteiger partial charge in [0.1, 0.15) is 11.9 Å².